The van der Waals surface area contributed by atoms with E-state index in [0.717, 1.165) is 16.0 Å². The van der Waals surface area contributed by atoms with Crippen LogP contribution >= 0.6 is 46.1 Å². The first kappa shape index (κ1) is 17.6. The second-order valence-corrected chi connectivity index (χ2v) is 8.16. The number of halogens is 3. The number of hydrogen-bond donors (Lipinski definition) is 1. The van der Waals surface area contributed by atoms with Crippen molar-refractivity contribution < 1.29 is 0 Å². The van der Waals surface area contributed by atoms with Gasteiger partial charge in [-0.1, -0.05) is 53.0 Å². The number of hydrogen-bond acceptors (Lipinski definition) is 3. The van der Waals surface area contributed by atoms with Crippen LogP contribution in [0.2, 0.25) is 15.1 Å². The summed E-state index contributed by atoms with van der Waals surface area (Å²) < 4.78 is 0. The highest BCUT2D eigenvalue weighted by molar-refractivity contribution is 7.19. The van der Waals surface area contributed by atoms with Gasteiger partial charge in [0, 0.05) is 16.0 Å². The molecule has 4 aromatic rings. The molecule has 0 fully saturated rings. The van der Waals surface area contributed by atoms with Crippen LogP contribution < -0.4 is 5.56 Å². The van der Waals surface area contributed by atoms with Crippen LogP contribution in [0.3, 0.4) is 0 Å². The minimum Gasteiger partial charge on any atom is -0.306 e. The molecule has 2 aromatic heterocycles. The van der Waals surface area contributed by atoms with Gasteiger partial charge >= 0.3 is 0 Å². The van der Waals surface area contributed by atoms with E-state index < -0.39 is 0 Å². The number of rotatable bonds is 2. The van der Waals surface area contributed by atoms with E-state index in [4.69, 9.17) is 34.8 Å². The predicted octanol–water partition coefficient (Wildman–Crippen LogP) is 6.59. The number of aromatic nitrogens is 2. The van der Waals surface area contributed by atoms with Crippen molar-refractivity contribution in [2.24, 2.45) is 0 Å². The van der Waals surface area contributed by atoms with E-state index in [9.17, 15) is 4.79 Å². The van der Waals surface area contributed by atoms with Crippen molar-refractivity contribution in [1.82, 2.24) is 9.97 Å². The minimum atomic E-state index is -0.213. The summed E-state index contributed by atoms with van der Waals surface area (Å²) >= 11 is 19.9. The number of benzene rings is 2. The second-order valence-electron chi connectivity index (χ2n) is 5.74. The lowest BCUT2D eigenvalue weighted by molar-refractivity contribution is 1.19. The third kappa shape index (κ3) is 2.93. The lowest BCUT2D eigenvalue weighted by Gasteiger charge is -2.05. The summed E-state index contributed by atoms with van der Waals surface area (Å²) in [4.78, 5) is 22.0. The van der Waals surface area contributed by atoms with Gasteiger partial charge in [-0.05, 0) is 36.8 Å². The summed E-state index contributed by atoms with van der Waals surface area (Å²) in [5, 5.41) is 2.00. The average molecular weight is 422 g/mol. The maximum Gasteiger partial charge on any atom is 0.260 e. The number of aryl methyl sites for hydroxylation is 1. The van der Waals surface area contributed by atoms with Crippen LogP contribution in [0.15, 0.2) is 47.3 Å². The van der Waals surface area contributed by atoms with Crippen molar-refractivity contribution in [3.8, 4) is 22.5 Å². The molecule has 2 heterocycles. The number of aromatic amines is 1. The number of thiophene rings is 1. The Morgan fingerprint density at radius 3 is 2.50 bits per heavy atom. The first-order valence-electron chi connectivity index (χ1n) is 7.69. The van der Waals surface area contributed by atoms with Crippen molar-refractivity contribution in [3.05, 3.63) is 72.8 Å². The van der Waals surface area contributed by atoms with E-state index in [1.807, 2.05) is 31.2 Å². The Balaban J connectivity index is 1.98. The highest BCUT2D eigenvalue weighted by Gasteiger charge is 2.18. The maximum atomic E-state index is 12.9. The van der Waals surface area contributed by atoms with E-state index in [-0.39, 0.29) is 5.56 Å². The van der Waals surface area contributed by atoms with Crippen LogP contribution in [-0.4, -0.2) is 9.97 Å². The molecule has 0 amide bonds. The van der Waals surface area contributed by atoms with Crippen molar-refractivity contribution >= 4 is 56.4 Å². The van der Waals surface area contributed by atoms with E-state index in [1.165, 1.54) is 11.3 Å². The first-order chi connectivity index (χ1) is 12.5. The van der Waals surface area contributed by atoms with Crippen molar-refractivity contribution in [2.45, 2.75) is 6.92 Å². The van der Waals surface area contributed by atoms with Gasteiger partial charge in [0.2, 0.25) is 0 Å². The SMILES string of the molecule is Cc1sc2nc(-c3ccccc3Cl)[nH]c(=O)c2c1-c1ccc(Cl)c(Cl)c1. The monoisotopic (exact) mass is 420 g/mol. The molecule has 1 N–H and O–H groups in total. The highest BCUT2D eigenvalue weighted by Crippen LogP contribution is 2.38. The van der Waals surface area contributed by atoms with Crippen LogP contribution in [0.25, 0.3) is 32.7 Å². The number of nitrogens with one attached hydrogen (secondary N) is 1. The fourth-order valence-electron chi connectivity index (χ4n) is 2.90. The van der Waals surface area contributed by atoms with Gasteiger partial charge in [-0.3, -0.25) is 4.79 Å². The van der Waals surface area contributed by atoms with Gasteiger partial charge in [0.05, 0.1) is 20.5 Å². The van der Waals surface area contributed by atoms with E-state index >= 15 is 0 Å². The van der Waals surface area contributed by atoms with Gasteiger partial charge in [0.25, 0.3) is 5.56 Å². The molecule has 26 heavy (non-hydrogen) atoms. The van der Waals surface area contributed by atoms with Gasteiger partial charge in [-0.25, -0.2) is 4.98 Å². The molecule has 2 aromatic carbocycles. The van der Waals surface area contributed by atoms with Crippen LogP contribution in [0, 0.1) is 6.92 Å². The molecule has 0 saturated heterocycles. The molecule has 3 nitrogen and oxygen atoms in total. The lowest BCUT2D eigenvalue weighted by Crippen LogP contribution is -2.09. The Morgan fingerprint density at radius 2 is 1.77 bits per heavy atom. The van der Waals surface area contributed by atoms with E-state index in [2.05, 4.69) is 9.97 Å². The van der Waals surface area contributed by atoms with Gasteiger partial charge in [0.15, 0.2) is 0 Å². The Morgan fingerprint density at radius 1 is 1.00 bits per heavy atom. The number of nitrogens with zero attached hydrogens (tertiary/aromatic N) is 1. The maximum absolute atomic E-state index is 12.9. The smallest absolute Gasteiger partial charge is 0.260 e. The molecule has 130 valence electrons. The molecular weight excluding hydrogens is 411 g/mol. The third-order valence-corrected chi connectivity index (χ3v) is 6.14. The first-order valence-corrected chi connectivity index (χ1v) is 9.64. The molecule has 0 aliphatic rings. The summed E-state index contributed by atoms with van der Waals surface area (Å²) in [6, 6.07) is 12.6. The average Bonchev–Trinajstić information content (AvgIpc) is 2.94. The zero-order chi connectivity index (χ0) is 18.4. The zero-order valence-electron chi connectivity index (χ0n) is 13.4. The zero-order valence-corrected chi connectivity index (χ0v) is 16.5. The van der Waals surface area contributed by atoms with Gasteiger partial charge in [-0.2, -0.15) is 0 Å². The Hall–Kier alpha value is -1.85. The number of H-pyrrole nitrogens is 1. The summed E-state index contributed by atoms with van der Waals surface area (Å²) in [6.45, 7) is 1.96. The minimum absolute atomic E-state index is 0.213. The largest absolute Gasteiger partial charge is 0.306 e. The number of fused-ring (bicyclic) bond motifs is 1. The molecule has 0 radical (unpaired) electrons. The Kier molecular flexibility index (Phi) is 4.53. The molecule has 4 rings (SSSR count). The molecule has 0 spiro atoms. The van der Waals surface area contributed by atoms with Crippen LogP contribution in [0.1, 0.15) is 4.88 Å². The molecular formula is C19H11Cl3N2OS. The van der Waals surface area contributed by atoms with Crippen LogP contribution in [-0.2, 0) is 0 Å². The van der Waals surface area contributed by atoms with Gasteiger partial charge < -0.3 is 4.98 Å². The normalized spacial score (nSPS) is 11.2. The summed E-state index contributed by atoms with van der Waals surface area (Å²) in [5.74, 6) is 0.454. The summed E-state index contributed by atoms with van der Waals surface area (Å²) in [7, 11) is 0. The van der Waals surface area contributed by atoms with Crippen LogP contribution in [0.4, 0.5) is 0 Å². The topological polar surface area (TPSA) is 45.8 Å². The summed E-state index contributed by atoms with van der Waals surface area (Å²) in [5.41, 5.74) is 2.13. The molecule has 0 unspecified atom stereocenters. The molecule has 7 heteroatoms. The third-order valence-electron chi connectivity index (χ3n) is 4.08. The fourth-order valence-corrected chi connectivity index (χ4v) is 4.47. The van der Waals surface area contributed by atoms with E-state index in [0.29, 0.717) is 36.7 Å². The van der Waals surface area contributed by atoms with Crippen molar-refractivity contribution in [3.63, 3.8) is 0 Å². The Labute approximate surface area is 168 Å². The Bertz CT molecular complexity index is 1210. The molecule has 0 aliphatic heterocycles. The quantitative estimate of drug-likeness (QED) is 0.397. The molecule has 0 aliphatic carbocycles. The molecule has 0 saturated carbocycles. The predicted molar refractivity (Wildman–Crippen MR) is 111 cm³/mol. The lowest BCUT2D eigenvalue weighted by atomic mass is 10.0. The van der Waals surface area contributed by atoms with Gasteiger partial charge in [-0.15, -0.1) is 11.3 Å². The van der Waals surface area contributed by atoms with Gasteiger partial charge in [0.1, 0.15) is 10.7 Å². The van der Waals surface area contributed by atoms with Crippen molar-refractivity contribution in [2.75, 3.05) is 0 Å². The van der Waals surface area contributed by atoms with Crippen molar-refractivity contribution in [1.29, 1.82) is 0 Å². The van der Waals surface area contributed by atoms with Crippen LogP contribution in [0.5, 0.6) is 0 Å². The second kappa shape index (κ2) is 6.71. The molecule has 0 bridgehead atoms. The fraction of sp³-hybridized carbons (Fsp3) is 0.0526. The standard InChI is InChI=1S/C19H11Cl3N2OS/c1-9-15(10-6-7-13(21)14(22)8-10)16-18(25)23-17(24-19(16)26-9)11-4-2-3-5-12(11)20/h2-8H,1H3,(H,23,24,25). The highest BCUT2D eigenvalue weighted by atomic mass is 35.5. The summed E-state index contributed by atoms with van der Waals surface area (Å²) in [6.07, 6.45) is 0. The van der Waals surface area contributed by atoms with E-state index in [1.54, 1.807) is 18.2 Å². The molecule has 0 atom stereocenters.